The van der Waals surface area contributed by atoms with Gasteiger partial charge in [-0.3, -0.25) is 4.79 Å². The zero-order valence-corrected chi connectivity index (χ0v) is 10.6. The molecule has 1 aliphatic heterocycles. The molecule has 0 bridgehead atoms. The largest absolute Gasteiger partial charge is 0.351 e. The molecule has 1 heterocycles. The van der Waals surface area contributed by atoms with E-state index in [1.165, 1.54) is 38.5 Å². The Balaban J connectivity index is 1.80. The lowest BCUT2D eigenvalue weighted by molar-refractivity contribution is -0.122. The third-order valence-corrected chi connectivity index (χ3v) is 3.15. The fourth-order valence-corrected chi connectivity index (χ4v) is 1.93. The Labute approximate surface area is 99.4 Å². The zero-order chi connectivity index (χ0) is 11.6. The maximum absolute atomic E-state index is 11.4. The first-order valence-corrected chi connectivity index (χ1v) is 6.83. The fourth-order valence-electron chi connectivity index (χ4n) is 1.93. The average Bonchev–Trinajstić information content (AvgIpc) is 2.22. The summed E-state index contributed by atoms with van der Waals surface area (Å²) in [5, 5.41) is 6.17. The number of nitrogens with one attached hydrogen (secondary N) is 2. The maximum Gasteiger partial charge on any atom is 0.220 e. The van der Waals surface area contributed by atoms with E-state index in [9.17, 15) is 4.79 Å². The van der Waals surface area contributed by atoms with Crippen LogP contribution in [0.25, 0.3) is 0 Å². The Kier molecular flexibility index (Phi) is 7.23. The van der Waals surface area contributed by atoms with Crippen LogP contribution in [0.15, 0.2) is 0 Å². The molecule has 3 nitrogen and oxygen atoms in total. The lowest BCUT2D eigenvalue weighted by atomic mass is 10.1. The number of amides is 1. The van der Waals surface area contributed by atoms with E-state index in [2.05, 4.69) is 17.6 Å². The second-order valence-corrected chi connectivity index (χ2v) is 4.79. The van der Waals surface area contributed by atoms with Crippen LogP contribution in [0.5, 0.6) is 0 Å². The summed E-state index contributed by atoms with van der Waals surface area (Å²) in [4.78, 5) is 11.4. The van der Waals surface area contributed by atoms with Crippen LogP contribution in [0.4, 0.5) is 0 Å². The molecule has 1 fully saturated rings. The molecule has 0 aromatic carbocycles. The number of rotatable bonds is 9. The van der Waals surface area contributed by atoms with E-state index >= 15 is 0 Å². The molecule has 3 heteroatoms. The van der Waals surface area contributed by atoms with Crippen LogP contribution in [0.3, 0.4) is 0 Å². The predicted molar refractivity (Wildman–Crippen MR) is 67.4 cm³/mol. The van der Waals surface area contributed by atoms with Crippen molar-refractivity contribution in [3.63, 3.8) is 0 Å². The van der Waals surface area contributed by atoms with Gasteiger partial charge in [0, 0.05) is 19.5 Å². The van der Waals surface area contributed by atoms with E-state index in [0.29, 0.717) is 12.5 Å². The van der Waals surface area contributed by atoms with Crippen molar-refractivity contribution in [2.75, 3.05) is 13.1 Å². The first-order chi connectivity index (χ1) is 7.83. The normalized spacial score (nSPS) is 15.8. The van der Waals surface area contributed by atoms with E-state index in [4.69, 9.17) is 0 Å². The number of carbonyl (C=O) groups excluding carboxylic acids is 1. The molecule has 0 unspecified atom stereocenters. The topological polar surface area (TPSA) is 41.1 Å². The number of hydrogen-bond acceptors (Lipinski definition) is 2. The minimum atomic E-state index is 0.236. The molecule has 0 saturated carbocycles. The van der Waals surface area contributed by atoms with Gasteiger partial charge in [-0.1, -0.05) is 45.4 Å². The van der Waals surface area contributed by atoms with Gasteiger partial charge in [0.05, 0.1) is 6.04 Å². The SMILES string of the molecule is CCCCCCCCCC(=O)NC1CNC1. The number of hydrogen-bond donors (Lipinski definition) is 2. The molecule has 0 radical (unpaired) electrons. The molecular weight excluding hydrogens is 200 g/mol. The third kappa shape index (κ3) is 6.11. The van der Waals surface area contributed by atoms with Crippen LogP contribution in [0.2, 0.25) is 0 Å². The molecule has 1 saturated heterocycles. The number of carbonyl (C=O) groups is 1. The Morgan fingerprint density at radius 3 is 2.31 bits per heavy atom. The van der Waals surface area contributed by atoms with Crippen LogP contribution < -0.4 is 10.6 Å². The lowest BCUT2D eigenvalue weighted by Gasteiger charge is -2.27. The highest BCUT2D eigenvalue weighted by molar-refractivity contribution is 5.76. The second kappa shape index (κ2) is 8.57. The monoisotopic (exact) mass is 226 g/mol. The summed E-state index contributed by atoms with van der Waals surface area (Å²) in [5.74, 6) is 0.236. The molecule has 94 valence electrons. The first-order valence-electron chi connectivity index (χ1n) is 6.83. The molecule has 0 aromatic rings. The van der Waals surface area contributed by atoms with Crippen molar-refractivity contribution in [1.82, 2.24) is 10.6 Å². The van der Waals surface area contributed by atoms with Crippen molar-refractivity contribution in [1.29, 1.82) is 0 Å². The minimum absolute atomic E-state index is 0.236. The lowest BCUT2D eigenvalue weighted by Crippen LogP contribution is -2.56. The highest BCUT2D eigenvalue weighted by atomic mass is 16.1. The zero-order valence-electron chi connectivity index (χ0n) is 10.6. The van der Waals surface area contributed by atoms with Crippen LogP contribution in [-0.4, -0.2) is 25.0 Å². The molecule has 0 aliphatic carbocycles. The Bertz CT molecular complexity index is 190. The van der Waals surface area contributed by atoms with E-state index in [-0.39, 0.29) is 5.91 Å². The highest BCUT2D eigenvalue weighted by Gasteiger charge is 2.17. The smallest absolute Gasteiger partial charge is 0.220 e. The van der Waals surface area contributed by atoms with Crippen LogP contribution in [-0.2, 0) is 4.79 Å². The van der Waals surface area contributed by atoms with Crippen LogP contribution in [0, 0.1) is 0 Å². The molecule has 0 atom stereocenters. The van der Waals surface area contributed by atoms with Crippen molar-refractivity contribution in [3.05, 3.63) is 0 Å². The van der Waals surface area contributed by atoms with E-state index < -0.39 is 0 Å². The Hall–Kier alpha value is -0.570. The van der Waals surface area contributed by atoms with Crippen molar-refractivity contribution in [2.24, 2.45) is 0 Å². The summed E-state index contributed by atoms with van der Waals surface area (Å²) in [6.45, 7) is 4.13. The number of unbranched alkanes of at least 4 members (excludes halogenated alkanes) is 6. The molecule has 16 heavy (non-hydrogen) atoms. The van der Waals surface area contributed by atoms with Gasteiger partial charge >= 0.3 is 0 Å². The fraction of sp³-hybridized carbons (Fsp3) is 0.923. The molecule has 0 aromatic heterocycles. The minimum Gasteiger partial charge on any atom is -0.351 e. The van der Waals surface area contributed by atoms with Gasteiger partial charge in [0.15, 0.2) is 0 Å². The quantitative estimate of drug-likeness (QED) is 0.592. The van der Waals surface area contributed by atoms with E-state index in [1.54, 1.807) is 0 Å². The van der Waals surface area contributed by atoms with Gasteiger partial charge in [0.25, 0.3) is 0 Å². The van der Waals surface area contributed by atoms with Crippen molar-refractivity contribution < 1.29 is 4.79 Å². The summed E-state index contributed by atoms with van der Waals surface area (Å²) in [6, 6.07) is 0.400. The van der Waals surface area contributed by atoms with Crippen molar-refractivity contribution >= 4 is 5.91 Å². The predicted octanol–water partition coefficient (Wildman–Crippen LogP) is 2.22. The van der Waals surface area contributed by atoms with Gasteiger partial charge in [-0.2, -0.15) is 0 Å². The second-order valence-electron chi connectivity index (χ2n) is 4.79. The van der Waals surface area contributed by atoms with Crippen LogP contribution >= 0.6 is 0 Å². The molecule has 1 aliphatic rings. The van der Waals surface area contributed by atoms with Gasteiger partial charge < -0.3 is 10.6 Å². The van der Waals surface area contributed by atoms with Crippen molar-refractivity contribution in [3.8, 4) is 0 Å². The molecule has 0 spiro atoms. The van der Waals surface area contributed by atoms with Crippen LogP contribution in [0.1, 0.15) is 58.3 Å². The van der Waals surface area contributed by atoms with E-state index in [1.807, 2.05) is 0 Å². The first kappa shape index (κ1) is 13.5. The standard InChI is InChI=1S/C13H26N2O/c1-2-3-4-5-6-7-8-9-13(16)15-12-10-14-11-12/h12,14H,2-11H2,1H3,(H,15,16). The molecule has 2 N–H and O–H groups in total. The van der Waals surface area contributed by atoms with Gasteiger partial charge in [-0.25, -0.2) is 0 Å². The summed E-state index contributed by atoms with van der Waals surface area (Å²) in [6.07, 6.45) is 9.62. The molecule has 1 rings (SSSR count). The summed E-state index contributed by atoms with van der Waals surface area (Å²) in [7, 11) is 0. The Morgan fingerprint density at radius 2 is 1.75 bits per heavy atom. The van der Waals surface area contributed by atoms with Crippen molar-refractivity contribution in [2.45, 2.75) is 64.3 Å². The van der Waals surface area contributed by atoms with Gasteiger partial charge in [-0.15, -0.1) is 0 Å². The van der Waals surface area contributed by atoms with E-state index in [0.717, 1.165) is 19.5 Å². The summed E-state index contributed by atoms with van der Waals surface area (Å²) >= 11 is 0. The highest BCUT2D eigenvalue weighted by Crippen LogP contribution is 2.08. The van der Waals surface area contributed by atoms with Gasteiger partial charge in [0.1, 0.15) is 0 Å². The summed E-state index contributed by atoms with van der Waals surface area (Å²) in [5.41, 5.74) is 0. The third-order valence-electron chi connectivity index (χ3n) is 3.15. The van der Waals surface area contributed by atoms with Gasteiger partial charge in [0.2, 0.25) is 5.91 Å². The average molecular weight is 226 g/mol. The summed E-state index contributed by atoms with van der Waals surface area (Å²) < 4.78 is 0. The Morgan fingerprint density at radius 1 is 1.12 bits per heavy atom. The van der Waals surface area contributed by atoms with Gasteiger partial charge in [-0.05, 0) is 6.42 Å². The molecular formula is C13H26N2O. The molecule has 1 amide bonds. The maximum atomic E-state index is 11.4.